The fraction of sp³-hybridized carbons (Fsp3) is 0.240. The highest BCUT2D eigenvalue weighted by molar-refractivity contribution is 6.64. The van der Waals surface area contributed by atoms with Crippen molar-refractivity contribution in [1.29, 1.82) is 0 Å². The first kappa shape index (κ1) is 26.9. The summed E-state index contributed by atoms with van der Waals surface area (Å²) in [6, 6.07) is 14.5. The lowest BCUT2D eigenvalue weighted by atomic mass is 9.74. The van der Waals surface area contributed by atoms with E-state index in [2.05, 4.69) is 69.8 Å². The molecule has 1 heterocycles. The highest BCUT2D eigenvalue weighted by Gasteiger charge is 2.77. The highest BCUT2D eigenvalue weighted by atomic mass is 16.2. The van der Waals surface area contributed by atoms with Crippen LogP contribution in [0, 0.1) is 5.41 Å². The van der Waals surface area contributed by atoms with E-state index in [0.29, 0.717) is 38.0 Å². The molecule has 56 heavy (non-hydrogen) atoms. The van der Waals surface area contributed by atoms with Crippen molar-refractivity contribution in [2.45, 2.75) is 30.1 Å². The minimum Gasteiger partial charge on any atom is -0.354 e. The van der Waals surface area contributed by atoms with Crippen LogP contribution in [-0.2, 0) is 9.59 Å². The van der Waals surface area contributed by atoms with Crippen LogP contribution in [0.2, 0.25) is 0 Å². The SMILES string of the molecule is O=C1NCCNCCCNCCNC(=O)C12C1c3c4ccc5c6c7c8c9c%10c%11c(c%12ccc%13c%14ccc%15c(c%16c3c(c46)c8c3c%16c%15c%14c(c%13c%12%10)c93)C12)C=CC5C%117. The summed E-state index contributed by atoms with van der Waals surface area (Å²) in [5.74, 6) is -0.0873. The summed E-state index contributed by atoms with van der Waals surface area (Å²) in [5.41, 5.74) is 7.32. The normalized spacial score (nSPS) is 25.6. The van der Waals surface area contributed by atoms with Crippen molar-refractivity contribution in [3.8, 4) is 0 Å². The third-order valence-electron chi connectivity index (χ3n) is 17.0. The van der Waals surface area contributed by atoms with Crippen molar-refractivity contribution in [3.05, 3.63) is 75.9 Å². The van der Waals surface area contributed by atoms with Crippen LogP contribution < -0.4 is 21.3 Å². The maximum atomic E-state index is 15.2. The van der Waals surface area contributed by atoms with Gasteiger partial charge in [0.2, 0.25) is 11.8 Å². The van der Waals surface area contributed by atoms with Gasteiger partial charge in [-0.1, -0.05) is 48.6 Å². The molecule has 12 aromatic rings. The number of carbonyl (C=O) groups excluding carboxylic acids is 2. The Morgan fingerprint density at radius 1 is 0.446 bits per heavy atom. The zero-order valence-corrected chi connectivity index (χ0v) is 30.2. The second kappa shape index (κ2) is 7.77. The van der Waals surface area contributed by atoms with Gasteiger partial charge in [0.05, 0.1) is 0 Å². The maximum Gasteiger partial charge on any atom is 0.237 e. The second-order valence-electron chi connectivity index (χ2n) is 18.5. The lowest BCUT2D eigenvalue weighted by Crippen LogP contribution is -2.48. The summed E-state index contributed by atoms with van der Waals surface area (Å²) >= 11 is 0. The molecule has 0 radical (unpaired) electrons. The average Bonchev–Trinajstić information content (AvgIpc) is 3.79. The van der Waals surface area contributed by atoms with E-state index in [9.17, 15) is 0 Å². The lowest BCUT2D eigenvalue weighted by Gasteiger charge is -2.28. The fourth-order valence-corrected chi connectivity index (χ4v) is 15.5. The number of fused-ring (bicyclic) bond motifs is 10. The first-order chi connectivity index (χ1) is 27.7. The Hall–Kier alpha value is -5.82. The molecule has 0 bridgehead atoms. The van der Waals surface area contributed by atoms with Gasteiger partial charge in [-0.25, -0.2) is 0 Å². The Morgan fingerprint density at radius 3 is 1.62 bits per heavy atom. The van der Waals surface area contributed by atoms with Crippen molar-refractivity contribution in [1.82, 2.24) is 21.3 Å². The molecule has 2 fully saturated rings. The van der Waals surface area contributed by atoms with Gasteiger partial charge in [-0.05, 0) is 171 Å². The summed E-state index contributed by atoms with van der Waals surface area (Å²) in [6.45, 7) is 4.15. The van der Waals surface area contributed by atoms with Gasteiger partial charge in [0.15, 0.2) is 0 Å². The van der Waals surface area contributed by atoms with Crippen LogP contribution in [0.1, 0.15) is 63.5 Å². The topological polar surface area (TPSA) is 82.3 Å². The molecule has 4 atom stereocenters. The summed E-state index contributed by atoms with van der Waals surface area (Å²) in [5, 5.41) is 44.9. The van der Waals surface area contributed by atoms with E-state index in [4.69, 9.17) is 0 Å². The predicted molar refractivity (Wildman–Crippen MR) is 226 cm³/mol. The fourth-order valence-electron chi connectivity index (χ4n) is 15.5. The molecule has 2 amide bonds. The third kappa shape index (κ3) is 2.17. The van der Waals surface area contributed by atoms with Gasteiger partial charge in [-0.15, -0.1) is 0 Å². The van der Waals surface area contributed by atoms with Crippen molar-refractivity contribution in [2.75, 3.05) is 39.3 Å². The molecule has 18 rings (SSSR count). The van der Waals surface area contributed by atoms with Crippen LogP contribution in [0.25, 0.3) is 125 Å². The molecule has 0 aromatic heterocycles. The lowest BCUT2D eigenvalue weighted by molar-refractivity contribution is -0.137. The van der Waals surface area contributed by atoms with E-state index in [1.54, 1.807) is 11.1 Å². The standard InChI is InChI=1S/C50H30N4O2/c55-48-50(49(56)54-15-13-52-11-1-10-51-12-14-53-48)46-32-22-8-6-20-18-4-2-16-17-3-5-19-21-7-9-23-31-29(21)36-27(19)25(17)34-24(16)26(18)35-28(20)30(22)37-39(32)40(33(23)47(46)50)38(31)45-43(36)41(34)42(35)44(37)45/h2-9,18,26,46-47,51-52H,1,10-15H2,(H,53,55)(H,54,56). The van der Waals surface area contributed by atoms with Crippen LogP contribution in [0.15, 0.2) is 42.5 Å². The first-order valence-electron chi connectivity index (χ1n) is 20.9. The molecule has 1 saturated carbocycles. The summed E-state index contributed by atoms with van der Waals surface area (Å²) in [7, 11) is 0. The predicted octanol–water partition coefficient (Wildman–Crippen LogP) is 8.44. The van der Waals surface area contributed by atoms with E-state index in [1.165, 1.54) is 141 Å². The van der Waals surface area contributed by atoms with E-state index in [1.807, 2.05) is 0 Å². The Labute approximate surface area is 316 Å². The minimum absolute atomic E-state index is 0.118. The van der Waals surface area contributed by atoms with Gasteiger partial charge in [0.25, 0.3) is 0 Å². The number of hydrogen-bond acceptors (Lipinski definition) is 4. The number of benzene rings is 7. The van der Waals surface area contributed by atoms with Crippen LogP contribution in [0.5, 0.6) is 0 Å². The van der Waals surface area contributed by atoms with Crippen LogP contribution in [0.3, 0.4) is 0 Å². The molecule has 12 aromatic carbocycles. The molecule has 1 saturated heterocycles. The quantitative estimate of drug-likeness (QED) is 0.0938. The number of amides is 2. The molecule has 5 aliphatic carbocycles. The molecule has 6 aliphatic rings. The number of rotatable bonds is 0. The zero-order chi connectivity index (χ0) is 35.6. The molecule has 1 aliphatic heterocycles. The molecular weight excluding hydrogens is 689 g/mol. The smallest absolute Gasteiger partial charge is 0.237 e. The monoisotopic (exact) mass is 718 g/mol. The van der Waals surface area contributed by atoms with Gasteiger partial charge in [-0.3, -0.25) is 9.59 Å². The average molecular weight is 719 g/mol. The summed E-state index contributed by atoms with van der Waals surface area (Å²) in [4.78, 5) is 30.3. The summed E-state index contributed by atoms with van der Waals surface area (Å²) < 4.78 is 0. The molecule has 6 heteroatoms. The first-order valence-corrected chi connectivity index (χ1v) is 20.9. The number of hydrogen-bond donors (Lipinski definition) is 4. The van der Waals surface area contributed by atoms with Crippen molar-refractivity contribution >= 4 is 136 Å². The number of carbonyl (C=O) groups is 2. The van der Waals surface area contributed by atoms with E-state index in [-0.39, 0.29) is 23.7 Å². The van der Waals surface area contributed by atoms with Crippen molar-refractivity contribution < 1.29 is 9.59 Å². The third-order valence-corrected chi connectivity index (χ3v) is 17.0. The van der Waals surface area contributed by atoms with Crippen LogP contribution >= 0.6 is 0 Å². The highest BCUT2D eigenvalue weighted by Crippen LogP contribution is 2.80. The molecule has 6 nitrogen and oxygen atoms in total. The Kier molecular flexibility index (Phi) is 3.73. The Balaban J connectivity index is 1.11. The van der Waals surface area contributed by atoms with Crippen LogP contribution in [0.4, 0.5) is 0 Å². The van der Waals surface area contributed by atoms with Crippen molar-refractivity contribution in [3.63, 3.8) is 0 Å². The molecule has 4 unspecified atom stereocenters. The van der Waals surface area contributed by atoms with Gasteiger partial charge in [0.1, 0.15) is 5.41 Å². The Bertz CT molecular complexity index is 3910. The van der Waals surface area contributed by atoms with E-state index >= 15 is 9.59 Å². The zero-order valence-electron chi connectivity index (χ0n) is 30.2. The van der Waals surface area contributed by atoms with Gasteiger partial charge >= 0.3 is 0 Å². The Morgan fingerprint density at radius 2 is 0.929 bits per heavy atom. The van der Waals surface area contributed by atoms with Gasteiger partial charge in [0, 0.05) is 49.9 Å². The second-order valence-corrected chi connectivity index (χ2v) is 18.5. The summed E-state index contributed by atoms with van der Waals surface area (Å²) in [6.07, 6.45) is 6.01. The van der Waals surface area contributed by atoms with E-state index in [0.717, 1.165) is 19.5 Å². The molecule has 4 N–H and O–H groups in total. The van der Waals surface area contributed by atoms with Gasteiger partial charge < -0.3 is 21.3 Å². The minimum atomic E-state index is -1.23. The van der Waals surface area contributed by atoms with Crippen molar-refractivity contribution in [2.24, 2.45) is 5.41 Å². The number of allylic oxidation sites excluding steroid dienone is 1. The molecular formula is C50H30N4O2. The van der Waals surface area contributed by atoms with E-state index < -0.39 is 5.41 Å². The number of nitrogens with one attached hydrogen (secondary N) is 4. The van der Waals surface area contributed by atoms with Crippen LogP contribution in [-0.4, -0.2) is 51.1 Å². The molecule has 1 spiro atoms. The van der Waals surface area contributed by atoms with Gasteiger partial charge in [-0.2, -0.15) is 0 Å². The maximum absolute atomic E-state index is 15.2. The molecule has 262 valence electrons. The largest absolute Gasteiger partial charge is 0.354 e.